The van der Waals surface area contributed by atoms with Crippen molar-refractivity contribution in [3.05, 3.63) is 78.6 Å². The molecular weight excluding hydrogens is 417 g/mol. The maximum atomic E-state index is 13.1. The van der Waals surface area contributed by atoms with E-state index in [4.69, 9.17) is 0 Å². The standard InChI is InChI=1S/C23H20FN3O3S/c24-17-9-5-15(6-10-17)16-7-11-19(12-8-16)31(29,30)26-18-13-22-23(28)25-20-3-1-2-4-21(20)27(22)14-18/h1-12,18,22,26H,13-14H2,(H,25,28). The van der Waals surface area contributed by atoms with Gasteiger partial charge in [-0.25, -0.2) is 17.5 Å². The van der Waals surface area contributed by atoms with E-state index < -0.39 is 16.1 Å². The first kappa shape index (κ1) is 19.7. The van der Waals surface area contributed by atoms with Crippen LogP contribution in [0.1, 0.15) is 6.42 Å². The molecule has 1 fully saturated rings. The van der Waals surface area contributed by atoms with Crippen LogP contribution in [0.4, 0.5) is 15.8 Å². The van der Waals surface area contributed by atoms with E-state index in [9.17, 15) is 17.6 Å². The first-order chi connectivity index (χ1) is 14.9. The molecule has 3 aromatic carbocycles. The molecule has 2 aliphatic rings. The van der Waals surface area contributed by atoms with Gasteiger partial charge in [0.05, 0.1) is 16.3 Å². The Hall–Kier alpha value is -3.23. The zero-order valence-corrected chi connectivity index (χ0v) is 17.3. The molecule has 0 aliphatic carbocycles. The number of carbonyl (C=O) groups is 1. The summed E-state index contributed by atoms with van der Waals surface area (Å²) in [5, 5.41) is 2.89. The highest BCUT2D eigenvalue weighted by Gasteiger charge is 2.42. The molecule has 1 saturated heterocycles. The van der Waals surface area contributed by atoms with Gasteiger partial charge in [-0.2, -0.15) is 0 Å². The number of amides is 1. The van der Waals surface area contributed by atoms with Gasteiger partial charge in [0, 0.05) is 12.6 Å². The van der Waals surface area contributed by atoms with E-state index in [0.29, 0.717) is 13.0 Å². The van der Waals surface area contributed by atoms with Crippen molar-refractivity contribution in [2.45, 2.75) is 23.4 Å². The maximum Gasteiger partial charge on any atom is 0.247 e. The molecule has 158 valence electrons. The van der Waals surface area contributed by atoms with Crippen LogP contribution in [0.3, 0.4) is 0 Å². The molecular formula is C23H20FN3O3S. The topological polar surface area (TPSA) is 78.5 Å². The molecule has 2 unspecified atom stereocenters. The van der Waals surface area contributed by atoms with Crippen molar-refractivity contribution in [3.63, 3.8) is 0 Å². The van der Waals surface area contributed by atoms with Crippen molar-refractivity contribution in [1.82, 2.24) is 4.72 Å². The van der Waals surface area contributed by atoms with Gasteiger partial charge in [-0.3, -0.25) is 4.79 Å². The largest absolute Gasteiger partial charge is 0.356 e. The normalized spacial score (nSPS) is 20.2. The molecule has 0 aromatic heterocycles. The van der Waals surface area contributed by atoms with Gasteiger partial charge in [-0.05, 0) is 53.9 Å². The van der Waals surface area contributed by atoms with Crippen LogP contribution in [-0.4, -0.2) is 33.0 Å². The number of benzene rings is 3. The van der Waals surface area contributed by atoms with Crippen molar-refractivity contribution in [2.24, 2.45) is 0 Å². The average molecular weight is 437 g/mol. The molecule has 2 atom stereocenters. The number of nitrogens with zero attached hydrogens (tertiary/aromatic N) is 1. The number of fused-ring (bicyclic) bond motifs is 3. The Kier molecular flexibility index (Phi) is 4.75. The number of anilines is 2. The first-order valence-corrected chi connectivity index (χ1v) is 11.4. The van der Waals surface area contributed by atoms with Gasteiger partial charge in [0.25, 0.3) is 0 Å². The Labute approximate surface area is 179 Å². The molecule has 2 aliphatic heterocycles. The summed E-state index contributed by atoms with van der Waals surface area (Å²) in [6.45, 7) is 0.419. The molecule has 2 heterocycles. The summed E-state index contributed by atoms with van der Waals surface area (Å²) in [6.07, 6.45) is 0.396. The van der Waals surface area contributed by atoms with Crippen molar-refractivity contribution < 1.29 is 17.6 Å². The zero-order chi connectivity index (χ0) is 21.6. The molecule has 5 rings (SSSR count). The summed E-state index contributed by atoms with van der Waals surface area (Å²) in [5.41, 5.74) is 3.24. The van der Waals surface area contributed by atoms with Crippen molar-refractivity contribution in [1.29, 1.82) is 0 Å². The van der Waals surface area contributed by atoms with Crippen LogP contribution in [-0.2, 0) is 14.8 Å². The van der Waals surface area contributed by atoms with E-state index in [1.54, 1.807) is 24.3 Å². The monoisotopic (exact) mass is 437 g/mol. The van der Waals surface area contributed by atoms with E-state index in [0.717, 1.165) is 22.5 Å². The van der Waals surface area contributed by atoms with Crippen LogP contribution in [0.2, 0.25) is 0 Å². The molecule has 2 N–H and O–H groups in total. The molecule has 0 bridgehead atoms. The fourth-order valence-electron chi connectivity index (χ4n) is 4.24. The van der Waals surface area contributed by atoms with Crippen LogP contribution in [0, 0.1) is 5.82 Å². The Morgan fingerprint density at radius 2 is 1.58 bits per heavy atom. The zero-order valence-electron chi connectivity index (χ0n) is 16.5. The number of sulfonamides is 1. The third-order valence-corrected chi connectivity index (χ3v) is 7.28. The fraction of sp³-hybridized carbons (Fsp3) is 0.174. The Morgan fingerprint density at radius 3 is 2.29 bits per heavy atom. The minimum Gasteiger partial charge on any atom is -0.356 e. The Balaban J connectivity index is 1.33. The highest BCUT2D eigenvalue weighted by Crippen LogP contribution is 2.36. The molecule has 0 spiro atoms. The summed E-state index contributed by atoms with van der Waals surface area (Å²) in [7, 11) is -3.76. The van der Waals surface area contributed by atoms with Crippen molar-refractivity contribution in [3.8, 4) is 11.1 Å². The summed E-state index contributed by atoms with van der Waals surface area (Å²) in [6, 6.07) is 19.2. The second kappa shape index (κ2) is 7.47. The number of rotatable bonds is 4. The van der Waals surface area contributed by atoms with E-state index in [1.165, 1.54) is 24.3 Å². The molecule has 0 saturated carbocycles. The number of hydrogen-bond acceptors (Lipinski definition) is 4. The number of hydrogen-bond donors (Lipinski definition) is 2. The van der Waals surface area contributed by atoms with Gasteiger partial charge < -0.3 is 10.2 Å². The summed E-state index contributed by atoms with van der Waals surface area (Å²) in [5.74, 6) is -0.444. The highest BCUT2D eigenvalue weighted by molar-refractivity contribution is 7.89. The van der Waals surface area contributed by atoms with Crippen molar-refractivity contribution >= 4 is 27.3 Å². The summed E-state index contributed by atoms with van der Waals surface area (Å²) >= 11 is 0. The smallest absolute Gasteiger partial charge is 0.247 e. The average Bonchev–Trinajstić information content (AvgIpc) is 3.18. The second-order valence-corrected chi connectivity index (χ2v) is 9.47. The van der Waals surface area contributed by atoms with Crippen LogP contribution in [0.5, 0.6) is 0 Å². The molecule has 31 heavy (non-hydrogen) atoms. The lowest BCUT2D eigenvalue weighted by Gasteiger charge is -2.32. The molecule has 0 radical (unpaired) electrons. The number of carbonyl (C=O) groups excluding carboxylic acids is 1. The molecule has 6 nitrogen and oxygen atoms in total. The number of nitrogens with one attached hydrogen (secondary N) is 2. The minimum atomic E-state index is -3.76. The molecule has 8 heteroatoms. The summed E-state index contributed by atoms with van der Waals surface area (Å²) < 4.78 is 41.7. The predicted molar refractivity (Wildman–Crippen MR) is 117 cm³/mol. The lowest BCUT2D eigenvalue weighted by atomic mass is 10.1. The van der Waals surface area contributed by atoms with Crippen LogP contribution >= 0.6 is 0 Å². The third kappa shape index (κ3) is 3.68. The van der Waals surface area contributed by atoms with E-state index in [2.05, 4.69) is 10.0 Å². The van der Waals surface area contributed by atoms with Gasteiger partial charge in [-0.15, -0.1) is 0 Å². The number of para-hydroxylation sites is 2. The van der Waals surface area contributed by atoms with Crippen molar-refractivity contribution in [2.75, 3.05) is 16.8 Å². The Bertz CT molecular complexity index is 1240. The third-order valence-electron chi connectivity index (χ3n) is 5.74. The SMILES string of the molecule is O=C1Nc2ccccc2N2CC(NS(=O)(=O)c3ccc(-c4ccc(F)cc4)cc3)CC12. The lowest BCUT2D eigenvalue weighted by molar-refractivity contribution is -0.117. The maximum absolute atomic E-state index is 13.1. The van der Waals surface area contributed by atoms with Gasteiger partial charge in [-0.1, -0.05) is 36.4 Å². The first-order valence-electron chi connectivity index (χ1n) is 9.95. The Morgan fingerprint density at radius 1 is 0.935 bits per heavy atom. The van der Waals surface area contributed by atoms with Gasteiger partial charge in [0.2, 0.25) is 15.9 Å². The fourth-order valence-corrected chi connectivity index (χ4v) is 5.48. The van der Waals surface area contributed by atoms with Crippen LogP contribution < -0.4 is 14.9 Å². The van der Waals surface area contributed by atoms with E-state index in [1.807, 2.05) is 29.2 Å². The van der Waals surface area contributed by atoms with Crippen LogP contribution in [0.25, 0.3) is 11.1 Å². The minimum absolute atomic E-state index is 0.121. The lowest BCUT2D eigenvalue weighted by Crippen LogP contribution is -2.44. The predicted octanol–water partition coefficient (Wildman–Crippen LogP) is 3.37. The van der Waals surface area contributed by atoms with Gasteiger partial charge >= 0.3 is 0 Å². The highest BCUT2D eigenvalue weighted by atomic mass is 32.2. The molecule has 3 aromatic rings. The van der Waals surface area contributed by atoms with E-state index >= 15 is 0 Å². The molecule has 1 amide bonds. The van der Waals surface area contributed by atoms with E-state index in [-0.39, 0.29) is 22.7 Å². The quantitative estimate of drug-likeness (QED) is 0.656. The van der Waals surface area contributed by atoms with Gasteiger partial charge in [0.1, 0.15) is 11.9 Å². The van der Waals surface area contributed by atoms with Crippen LogP contribution in [0.15, 0.2) is 77.7 Å². The number of halogens is 1. The second-order valence-electron chi connectivity index (χ2n) is 7.76. The summed E-state index contributed by atoms with van der Waals surface area (Å²) in [4.78, 5) is 14.6. The van der Waals surface area contributed by atoms with Gasteiger partial charge in [0.15, 0.2) is 0 Å².